The van der Waals surface area contributed by atoms with Gasteiger partial charge in [0.25, 0.3) is 0 Å². The number of fused-ring (bicyclic) bond motifs is 1. The number of carbonyl (C=O) groups excluding carboxylic acids is 3. The van der Waals surface area contributed by atoms with Crippen LogP contribution in [-0.4, -0.2) is 107 Å². The molecule has 0 bridgehead atoms. The van der Waals surface area contributed by atoms with Crippen LogP contribution in [0.4, 0.5) is 0 Å². The van der Waals surface area contributed by atoms with Crippen LogP contribution in [-0.2, 0) is 14.4 Å². The van der Waals surface area contributed by atoms with Gasteiger partial charge in [-0.15, -0.1) is 24.2 Å². The van der Waals surface area contributed by atoms with E-state index < -0.39 is 18.0 Å². The fraction of sp³-hybridized carbons (Fsp3) is 0.773. The Hall–Kier alpha value is -1.33. The predicted molar refractivity (Wildman–Crippen MR) is 125 cm³/mol. The molecule has 2 N–H and O–H groups in total. The first-order valence-corrected chi connectivity index (χ1v) is 12.3. The number of likely N-dealkylation sites (N-methyl/N-ethyl adjacent to an activating group) is 1. The molecule has 2 amide bonds. The highest BCUT2D eigenvalue weighted by Crippen LogP contribution is 2.51. The maximum Gasteiger partial charge on any atom is 0.239 e. The minimum Gasteiger partial charge on any atom is -0.543 e. The number of carbonyl (C=O) groups is 3. The third kappa shape index (κ3) is 4.52. The van der Waals surface area contributed by atoms with E-state index in [1.165, 1.54) is 16.7 Å². The first-order valence-electron chi connectivity index (χ1n) is 11.4. The zero-order chi connectivity index (χ0) is 23.5. The van der Waals surface area contributed by atoms with Crippen LogP contribution in [0.5, 0.6) is 0 Å². The van der Waals surface area contributed by atoms with E-state index in [0.717, 1.165) is 24.0 Å². The van der Waals surface area contributed by atoms with Crippen molar-refractivity contribution in [2.75, 3.05) is 40.8 Å². The Labute approximate surface area is 205 Å². The number of nitrogens with zero attached hydrogens (tertiary/aromatic N) is 3. The number of carboxylic acid groups (broad SMARTS) is 1. The number of halogens is 1. The van der Waals surface area contributed by atoms with E-state index in [1.54, 1.807) is 6.92 Å². The van der Waals surface area contributed by atoms with Crippen molar-refractivity contribution in [3.63, 3.8) is 0 Å². The summed E-state index contributed by atoms with van der Waals surface area (Å²) in [5.74, 6) is -2.38. The number of hydrogen-bond donors (Lipinski definition) is 2. The SMILES string of the molecule is C[C@@H](O)[C@H]1C(=O)N2C(C(=O)[O-])=C(S[C@@H]3CN[C@H](C(=O)N4CC[C@@H]([N+](C)(C)C)C4)C3)[C@H](C)[C@H]12.Cl. The molecule has 7 atom stereocenters. The predicted octanol–water partition coefficient (Wildman–Crippen LogP) is -1.00. The molecule has 3 fully saturated rings. The molecule has 0 radical (unpaired) electrons. The average molecular weight is 503 g/mol. The van der Waals surface area contributed by atoms with Crippen LogP contribution in [0.15, 0.2) is 10.6 Å². The number of thioether (sulfide) groups is 1. The number of nitrogens with one attached hydrogen (secondary N) is 1. The van der Waals surface area contributed by atoms with Gasteiger partial charge in [0.2, 0.25) is 11.8 Å². The molecule has 186 valence electrons. The molecule has 4 aliphatic rings. The lowest BCUT2D eigenvalue weighted by atomic mass is 9.79. The minimum absolute atomic E-state index is 0. The van der Waals surface area contributed by atoms with Crippen molar-refractivity contribution in [2.24, 2.45) is 11.8 Å². The Kier molecular flexibility index (Phi) is 7.46. The summed E-state index contributed by atoms with van der Waals surface area (Å²) >= 11 is 1.44. The fourth-order valence-corrected chi connectivity index (χ4v) is 7.10. The van der Waals surface area contributed by atoms with E-state index in [-0.39, 0.29) is 53.2 Å². The second-order valence-corrected chi connectivity index (χ2v) is 11.9. The van der Waals surface area contributed by atoms with Gasteiger partial charge in [0.1, 0.15) is 6.04 Å². The number of β-lactam (4-membered cyclic amide) rings is 1. The fourth-order valence-electron chi connectivity index (χ4n) is 5.62. The van der Waals surface area contributed by atoms with Crippen molar-refractivity contribution >= 4 is 42.0 Å². The lowest BCUT2D eigenvalue weighted by molar-refractivity contribution is -0.893. The van der Waals surface area contributed by atoms with E-state index >= 15 is 0 Å². The zero-order valence-electron chi connectivity index (χ0n) is 19.8. The summed E-state index contributed by atoms with van der Waals surface area (Å²) in [6, 6.07) is -0.183. The number of amides is 2. The van der Waals surface area contributed by atoms with Crippen molar-refractivity contribution in [1.82, 2.24) is 15.1 Å². The molecule has 4 rings (SSSR count). The normalized spacial score (nSPS) is 34.8. The molecule has 0 unspecified atom stereocenters. The van der Waals surface area contributed by atoms with E-state index in [4.69, 9.17) is 0 Å². The number of hydrogen-bond acceptors (Lipinski definition) is 7. The number of likely N-dealkylation sites (tertiary alicyclic amines) is 1. The van der Waals surface area contributed by atoms with Crippen LogP contribution in [0.1, 0.15) is 26.7 Å². The number of aliphatic hydroxyl groups excluding tert-OH is 1. The molecule has 3 saturated heterocycles. The van der Waals surface area contributed by atoms with Gasteiger partial charge < -0.3 is 34.6 Å². The molecule has 4 heterocycles. The Balaban J connectivity index is 0.00000306. The number of rotatable bonds is 6. The molecule has 0 aromatic rings. The molecule has 11 heteroatoms. The average Bonchev–Trinajstić information content (AvgIpc) is 3.40. The summed E-state index contributed by atoms with van der Waals surface area (Å²) in [6.45, 7) is 5.59. The lowest BCUT2D eigenvalue weighted by Gasteiger charge is -2.47. The van der Waals surface area contributed by atoms with Crippen LogP contribution in [0.2, 0.25) is 0 Å². The highest BCUT2D eigenvalue weighted by Gasteiger charge is 2.59. The number of quaternary nitrogens is 1. The quantitative estimate of drug-likeness (QED) is 0.354. The molecule has 0 saturated carbocycles. The summed E-state index contributed by atoms with van der Waals surface area (Å²) in [4.78, 5) is 41.3. The van der Waals surface area contributed by atoms with Crippen molar-refractivity contribution in [3.8, 4) is 0 Å². The van der Waals surface area contributed by atoms with Crippen molar-refractivity contribution in [1.29, 1.82) is 0 Å². The molecule has 0 aromatic heterocycles. The van der Waals surface area contributed by atoms with Gasteiger partial charge in [-0.3, -0.25) is 9.59 Å². The Morgan fingerprint density at radius 3 is 2.52 bits per heavy atom. The van der Waals surface area contributed by atoms with Crippen molar-refractivity contribution in [3.05, 3.63) is 10.6 Å². The smallest absolute Gasteiger partial charge is 0.239 e. The Bertz CT molecular complexity index is 860. The van der Waals surface area contributed by atoms with E-state index in [2.05, 4.69) is 26.5 Å². The van der Waals surface area contributed by atoms with Crippen LogP contribution in [0, 0.1) is 11.8 Å². The van der Waals surface area contributed by atoms with Gasteiger partial charge in [0.05, 0.1) is 63.5 Å². The Morgan fingerprint density at radius 1 is 1.30 bits per heavy atom. The third-order valence-electron chi connectivity index (χ3n) is 7.55. The van der Waals surface area contributed by atoms with E-state index in [1.807, 2.05) is 11.8 Å². The van der Waals surface area contributed by atoms with E-state index in [9.17, 15) is 24.6 Å². The topological polar surface area (TPSA) is 113 Å². The molecule has 4 aliphatic heterocycles. The largest absolute Gasteiger partial charge is 0.543 e. The van der Waals surface area contributed by atoms with Gasteiger partial charge in [0.15, 0.2) is 0 Å². The van der Waals surface area contributed by atoms with Crippen LogP contribution in [0.3, 0.4) is 0 Å². The maximum atomic E-state index is 13.1. The number of aliphatic carboxylic acids is 1. The highest BCUT2D eigenvalue weighted by molar-refractivity contribution is 8.03. The Morgan fingerprint density at radius 2 is 1.97 bits per heavy atom. The first-order chi connectivity index (χ1) is 14.9. The third-order valence-corrected chi connectivity index (χ3v) is 9.07. The van der Waals surface area contributed by atoms with Crippen molar-refractivity contribution in [2.45, 2.75) is 56.2 Å². The second kappa shape index (κ2) is 9.37. The monoisotopic (exact) mass is 502 g/mol. The zero-order valence-corrected chi connectivity index (χ0v) is 21.4. The van der Waals surface area contributed by atoms with Crippen molar-refractivity contribution < 1.29 is 29.1 Å². The summed E-state index contributed by atoms with van der Waals surface area (Å²) < 4.78 is 0.836. The molecular weight excluding hydrogens is 468 g/mol. The molecule has 33 heavy (non-hydrogen) atoms. The van der Waals surface area contributed by atoms with Gasteiger partial charge in [-0.05, 0) is 13.3 Å². The summed E-state index contributed by atoms with van der Waals surface area (Å²) in [5, 5.41) is 25.2. The summed E-state index contributed by atoms with van der Waals surface area (Å²) in [5.41, 5.74) is -0.0606. The van der Waals surface area contributed by atoms with E-state index in [0.29, 0.717) is 23.9 Å². The highest BCUT2D eigenvalue weighted by atomic mass is 35.5. The second-order valence-electron chi connectivity index (χ2n) is 10.5. The maximum absolute atomic E-state index is 13.1. The van der Waals surface area contributed by atoms with Gasteiger partial charge in [0, 0.05) is 35.6 Å². The standard InChI is InChI=1S/C22H34N4O5S.ClH/c1-11-17-16(12(2)27)21(29)25(17)18(22(30)31)19(11)32-14-8-15(23-9-14)20(28)24-7-6-13(10-24)26(3,4)5;/h11-17,23,27H,6-10H2,1-5H3;1H/t11-,12-,13-,14+,15+,16-,17-;/m1./s1. The molecule has 0 aliphatic carbocycles. The minimum atomic E-state index is -1.36. The van der Waals surface area contributed by atoms with Crippen LogP contribution in [0.25, 0.3) is 0 Å². The summed E-state index contributed by atoms with van der Waals surface area (Å²) in [7, 11) is 6.46. The molecule has 0 aromatic carbocycles. The molecular formula is C22H35ClN4O5S. The lowest BCUT2D eigenvalue weighted by Crippen LogP contribution is -2.64. The van der Waals surface area contributed by atoms with Gasteiger partial charge in [-0.2, -0.15) is 0 Å². The number of aliphatic hydroxyl groups is 1. The van der Waals surface area contributed by atoms with Gasteiger partial charge in [-0.25, -0.2) is 0 Å². The van der Waals surface area contributed by atoms with Gasteiger partial charge >= 0.3 is 0 Å². The summed E-state index contributed by atoms with van der Waals surface area (Å²) in [6.07, 6.45) is 0.781. The first kappa shape index (κ1) is 26.3. The number of carboxylic acids is 1. The van der Waals surface area contributed by atoms with Crippen LogP contribution >= 0.6 is 24.2 Å². The molecule has 0 spiro atoms. The molecule has 9 nitrogen and oxygen atoms in total. The van der Waals surface area contributed by atoms with Crippen LogP contribution < -0.4 is 10.4 Å². The van der Waals surface area contributed by atoms with Gasteiger partial charge in [-0.1, -0.05) is 6.92 Å².